The molecule has 23 heavy (non-hydrogen) atoms. The molecule has 3 nitrogen and oxygen atoms in total. The zero-order valence-corrected chi connectivity index (χ0v) is 13.1. The molecule has 2 fully saturated rings. The van der Waals surface area contributed by atoms with Crippen LogP contribution in [0.5, 0.6) is 0 Å². The first-order valence-electron chi connectivity index (χ1n) is 8.23. The third kappa shape index (κ3) is 3.70. The van der Waals surface area contributed by atoms with Crippen LogP contribution in [0.2, 0.25) is 0 Å². The molecule has 0 aromatic heterocycles. The van der Waals surface area contributed by atoms with E-state index in [9.17, 15) is 18.3 Å². The standard InChI is InChI=1S/C17H23F3N2O/c18-17(19,20)14-3-1-13(2-4-14)16(23)7-5-15(6-8-16)22-11-9-21-10-12-22/h1-4,15,21,23H,5-12H2. The van der Waals surface area contributed by atoms with Crippen molar-refractivity contribution < 1.29 is 18.3 Å². The van der Waals surface area contributed by atoms with E-state index in [1.165, 1.54) is 12.1 Å². The van der Waals surface area contributed by atoms with Crippen molar-refractivity contribution in [3.05, 3.63) is 35.4 Å². The predicted octanol–water partition coefficient (Wildman–Crippen LogP) is 2.74. The van der Waals surface area contributed by atoms with Gasteiger partial charge in [-0.1, -0.05) is 12.1 Å². The molecule has 0 unspecified atom stereocenters. The Kier molecular flexibility index (Phi) is 4.67. The molecule has 1 aromatic rings. The van der Waals surface area contributed by atoms with Gasteiger partial charge in [0.1, 0.15) is 0 Å². The first-order chi connectivity index (χ1) is 10.9. The first-order valence-corrected chi connectivity index (χ1v) is 8.23. The van der Waals surface area contributed by atoms with E-state index < -0.39 is 17.3 Å². The van der Waals surface area contributed by atoms with Crippen LogP contribution in [-0.2, 0) is 11.8 Å². The molecule has 0 atom stereocenters. The maximum atomic E-state index is 12.6. The quantitative estimate of drug-likeness (QED) is 0.876. The Morgan fingerprint density at radius 3 is 2.13 bits per heavy atom. The molecule has 0 bridgehead atoms. The van der Waals surface area contributed by atoms with Crippen LogP contribution in [0.1, 0.15) is 36.8 Å². The molecule has 1 aliphatic heterocycles. The van der Waals surface area contributed by atoms with Crippen LogP contribution in [0.3, 0.4) is 0 Å². The van der Waals surface area contributed by atoms with Gasteiger partial charge < -0.3 is 10.4 Å². The van der Waals surface area contributed by atoms with Gasteiger partial charge in [0.2, 0.25) is 0 Å². The van der Waals surface area contributed by atoms with Crippen LogP contribution in [0, 0.1) is 0 Å². The van der Waals surface area contributed by atoms with E-state index in [2.05, 4.69) is 10.2 Å². The van der Waals surface area contributed by atoms with Crippen molar-refractivity contribution in [2.45, 2.75) is 43.5 Å². The summed E-state index contributed by atoms with van der Waals surface area (Å²) in [5, 5.41) is 14.2. The number of rotatable bonds is 2. The van der Waals surface area contributed by atoms with Crippen LogP contribution in [0.15, 0.2) is 24.3 Å². The highest BCUT2D eigenvalue weighted by Crippen LogP contribution is 2.39. The SMILES string of the molecule is OC1(c2ccc(C(F)(F)F)cc2)CCC(N2CCNCC2)CC1. The topological polar surface area (TPSA) is 35.5 Å². The van der Waals surface area contributed by atoms with Crippen molar-refractivity contribution in [2.24, 2.45) is 0 Å². The van der Waals surface area contributed by atoms with Crippen LogP contribution in [0.25, 0.3) is 0 Å². The highest BCUT2D eigenvalue weighted by molar-refractivity contribution is 5.29. The van der Waals surface area contributed by atoms with Gasteiger partial charge in [-0.05, 0) is 43.4 Å². The van der Waals surface area contributed by atoms with E-state index in [0.29, 0.717) is 24.4 Å². The van der Waals surface area contributed by atoms with Crippen molar-refractivity contribution in [1.29, 1.82) is 0 Å². The highest BCUT2D eigenvalue weighted by atomic mass is 19.4. The van der Waals surface area contributed by atoms with Gasteiger partial charge in [-0.25, -0.2) is 0 Å². The van der Waals surface area contributed by atoms with E-state index in [-0.39, 0.29) is 0 Å². The fourth-order valence-corrected chi connectivity index (χ4v) is 3.75. The van der Waals surface area contributed by atoms with Crippen LogP contribution in [0.4, 0.5) is 13.2 Å². The second kappa shape index (κ2) is 6.42. The number of piperazine rings is 1. The average Bonchev–Trinajstić information content (AvgIpc) is 2.56. The Bertz CT molecular complexity index is 516. The van der Waals surface area contributed by atoms with Crippen LogP contribution >= 0.6 is 0 Å². The molecule has 2 N–H and O–H groups in total. The first kappa shape index (κ1) is 16.7. The summed E-state index contributed by atoms with van der Waals surface area (Å²) in [6.07, 6.45) is -1.35. The zero-order valence-electron chi connectivity index (χ0n) is 13.1. The maximum Gasteiger partial charge on any atom is 0.416 e. The van der Waals surface area contributed by atoms with E-state index in [0.717, 1.165) is 51.2 Å². The molecule has 0 radical (unpaired) electrons. The lowest BCUT2D eigenvalue weighted by Crippen LogP contribution is -2.50. The largest absolute Gasteiger partial charge is 0.416 e. The minimum Gasteiger partial charge on any atom is -0.385 e. The highest BCUT2D eigenvalue weighted by Gasteiger charge is 2.37. The zero-order chi connectivity index (χ0) is 16.5. The number of benzene rings is 1. The minimum absolute atomic E-state index is 0.479. The van der Waals surface area contributed by atoms with Gasteiger partial charge >= 0.3 is 6.18 Å². The van der Waals surface area contributed by atoms with Crippen LogP contribution in [-0.4, -0.2) is 42.2 Å². The Hall–Kier alpha value is -1.11. The minimum atomic E-state index is -4.33. The molecule has 1 saturated heterocycles. The van der Waals surface area contributed by atoms with Crippen molar-refractivity contribution in [2.75, 3.05) is 26.2 Å². The van der Waals surface area contributed by atoms with Crippen molar-refractivity contribution in [1.82, 2.24) is 10.2 Å². The van der Waals surface area contributed by atoms with Gasteiger partial charge in [-0.15, -0.1) is 0 Å². The summed E-state index contributed by atoms with van der Waals surface area (Å²) in [4.78, 5) is 2.46. The second-order valence-electron chi connectivity index (χ2n) is 6.62. The molecule has 0 spiro atoms. The summed E-state index contributed by atoms with van der Waals surface area (Å²) < 4.78 is 37.9. The number of nitrogens with zero attached hydrogens (tertiary/aromatic N) is 1. The molecule has 6 heteroatoms. The molecule has 1 saturated carbocycles. The van der Waals surface area contributed by atoms with Gasteiger partial charge in [0.05, 0.1) is 11.2 Å². The van der Waals surface area contributed by atoms with Gasteiger partial charge in [0.15, 0.2) is 0 Å². The van der Waals surface area contributed by atoms with Gasteiger partial charge in [0.25, 0.3) is 0 Å². The second-order valence-corrected chi connectivity index (χ2v) is 6.62. The Morgan fingerprint density at radius 1 is 1.04 bits per heavy atom. The molecular weight excluding hydrogens is 305 g/mol. The molecular formula is C17H23F3N2O. The van der Waals surface area contributed by atoms with E-state index in [4.69, 9.17) is 0 Å². The van der Waals surface area contributed by atoms with Gasteiger partial charge in [-0.3, -0.25) is 4.90 Å². The third-order valence-corrected chi connectivity index (χ3v) is 5.20. The third-order valence-electron chi connectivity index (χ3n) is 5.20. The fraction of sp³-hybridized carbons (Fsp3) is 0.647. The molecule has 128 valence electrons. The number of nitrogens with one attached hydrogen (secondary N) is 1. The van der Waals surface area contributed by atoms with Crippen molar-refractivity contribution in [3.8, 4) is 0 Å². The Morgan fingerprint density at radius 2 is 1.61 bits per heavy atom. The summed E-state index contributed by atoms with van der Waals surface area (Å²) in [5.41, 5.74) is -1.06. The molecule has 1 heterocycles. The number of hydrogen-bond donors (Lipinski definition) is 2. The molecule has 1 aliphatic carbocycles. The predicted molar refractivity (Wildman–Crippen MR) is 82.0 cm³/mol. The fourth-order valence-electron chi connectivity index (χ4n) is 3.75. The molecule has 3 rings (SSSR count). The van der Waals surface area contributed by atoms with Crippen molar-refractivity contribution >= 4 is 0 Å². The maximum absolute atomic E-state index is 12.6. The monoisotopic (exact) mass is 328 g/mol. The van der Waals surface area contributed by atoms with E-state index >= 15 is 0 Å². The number of hydrogen-bond acceptors (Lipinski definition) is 3. The summed E-state index contributed by atoms with van der Waals surface area (Å²) in [7, 11) is 0. The number of aliphatic hydroxyl groups is 1. The lowest BCUT2D eigenvalue weighted by Gasteiger charge is -2.42. The van der Waals surface area contributed by atoms with Gasteiger partial charge in [0, 0.05) is 32.2 Å². The van der Waals surface area contributed by atoms with Crippen molar-refractivity contribution in [3.63, 3.8) is 0 Å². The lowest BCUT2D eigenvalue weighted by atomic mass is 9.77. The van der Waals surface area contributed by atoms with E-state index in [1.807, 2.05) is 0 Å². The van der Waals surface area contributed by atoms with E-state index in [1.54, 1.807) is 0 Å². The van der Waals surface area contributed by atoms with Gasteiger partial charge in [-0.2, -0.15) is 13.2 Å². The molecule has 2 aliphatic rings. The lowest BCUT2D eigenvalue weighted by molar-refractivity contribution is -0.137. The summed E-state index contributed by atoms with van der Waals surface area (Å²) in [6, 6.07) is 5.46. The normalized spacial score (nSPS) is 30.3. The van der Waals surface area contributed by atoms with Crippen LogP contribution < -0.4 is 5.32 Å². The summed E-state index contributed by atoms with van der Waals surface area (Å²) in [5.74, 6) is 0. The average molecular weight is 328 g/mol. The Balaban J connectivity index is 1.64. The number of halogens is 3. The number of alkyl halides is 3. The Labute approximate surface area is 134 Å². The summed E-state index contributed by atoms with van der Waals surface area (Å²) >= 11 is 0. The summed E-state index contributed by atoms with van der Waals surface area (Å²) in [6.45, 7) is 4.06. The molecule has 0 amide bonds. The molecule has 1 aromatic carbocycles. The smallest absolute Gasteiger partial charge is 0.385 e.